The van der Waals surface area contributed by atoms with Crippen LogP contribution in [0.1, 0.15) is 6.42 Å². The van der Waals surface area contributed by atoms with E-state index in [1.807, 2.05) is 24.1 Å². The lowest BCUT2D eigenvalue weighted by Crippen LogP contribution is -2.37. The summed E-state index contributed by atoms with van der Waals surface area (Å²) in [6, 6.07) is 3.46. The number of amides is 1. The number of esters is 1. The third kappa shape index (κ3) is 4.44. The van der Waals surface area contributed by atoms with Crippen LogP contribution in [0.3, 0.4) is 0 Å². The van der Waals surface area contributed by atoms with Crippen LogP contribution in [0.5, 0.6) is 0 Å². The summed E-state index contributed by atoms with van der Waals surface area (Å²) in [6.07, 6.45) is 4.00. The van der Waals surface area contributed by atoms with Crippen molar-refractivity contribution in [2.75, 3.05) is 26.5 Å². The molecule has 7 heteroatoms. The number of likely N-dealkylation sites (N-methyl/N-ethyl adjacent to an activating group) is 1. The molecule has 1 aromatic heterocycles. The van der Waals surface area contributed by atoms with Gasteiger partial charge in [-0.1, -0.05) is 0 Å². The van der Waals surface area contributed by atoms with Crippen LogP contribution in [-0.2, 0) is 14.3 Å². The average molecular weight is 309 g/mol. The van der Waals surface area contributed by atoms with E-state index in [1.165, 1.54) is 18.9 Å². The highest BCUT2D eigenvalue weighted by molar-refractivity contribution is 8.00. The summed E-state index contributed by atoms with van der Waals surface area (Å²) in [6.45, 7) is 0.658. The first kappa shape index (κ1) is 15.8. The van der Waals surface area contributed by atoms with Gasteiger partial charge in [0.05, 0.1) is 12.9 Å². The van der Waals surface area contributed by atoms with Crippen molar-refractivity contribution in [1.82, 2.24) is 15.2 Å². The Morgan fingerprint density at radius 3 is 2.86 bits per heavy atom. The van der Waals surface area contributed by atoms with Crippen LogP contribution in [0.25, 0.3) is 0 Å². The number of carbonyl (C=O) groups excluding carboxylic acids is 2. The van der Waals surface area contributed by atoms with Crippen molar-refractivity contribution >= 4 is 23.6 Å². The first-order valence-corrected chi connectivity index (χ1v) is 7.69. The lowest BCUT2D eigenvalue weighted by molar-refractivity contribution is -0.145. The second kappa shape index (κ2) is 7.42. The average Bonchev–Trinajstić information content (AvgIpc) is 2.86. The van der Waals surface area contributed by atoms with Crippen molar-refractivity contribution in [3.8, 4) is 0 Å². The Balaban J connectivity index is 1.77. The van der Waals surface area contributed by atoms with Crippen molar-refractivity contribution in [2.45, 2.75) is 23.4 Å². The van der Waals surface area contributed by atoms with Gasteiger partial charge in [-0.25, -0.2) is 0 Å². The first-order valence-electron chi connectivity index (χ1n) is 6.70. The molecule has 21 heavy (non-hydrogen) atoms. The Bertz CT molecular complexity index is 497. The summed E-state index contributed by atoms with van der Waals surface area (Å²) < 4.78 is 4.76. The molecule has 1 amide bonds. The van der Waals surface area contributed by atoms with Crippen LogP contribution < -0.4 is 5.32 Å². The number of nitrogens with zero attached hydrogens (tertiary/aromatic N) is 2. The highest BCUT2D eigenvalue weighted by Crippen LogP contribution is 2.18. The monoisotopic (exact) mass is 309 g/mol. The number of methoxy groups -OCH3 is 1. The maximum Gasteiger partial charge on any atom is 0.323 e. The SMILES string of the molecule is COC(=O)[C@@H]1C[C@@H](NC(=O)CSc2ccncc2)CN1C. The lowest BCUT2D eigenvalue weighted by atomic mass is 10.2. The van der Waals surface area contributed by atoms with Gasteiger partial charge in [0, 0.05) is 29.9 Å². The summed E-state index contributed by atoms with van der Waals surface area (Å²) in [5.74, 6) is 0.0776. The van der Waals surface area contributed by atoms with Gasteiger partial charge >= 0.3 is 5.97 Å². The van der Waals surface area contributed by atoms with E-state index < -0.39 is 0 Å². The molecule has 0 spiro atoms. The number of aromatic nitrogens is 1. The third-order valence-corrected chi connectivity index (χ3v) is 4.42. The molecule has 0 bridgehead atoms. The molecule has 1 aromatic rings. The predicted molar refractivity (Wildman–Crippen MR) is 79.9 cm³/mol. The highest BCUT2D eigenvalue weighted by Gasteiger charge is 2.35. The molecule has 6 nitrogen and oxygen atoms in total. The maximum atomic E-state index is 11.9. The topological polar surface area (TPSA) is 71.5 Å². The van der Waals surface area contributed by atoms with Crippen molar-refractivity contribution in [2.24, 2.45) is 0 Å². The molecule has 0 aromatic carbocycles. The third-order valence-electron chi connectivity index (χ3n) is 3.41. The van der Waals surface area contributed by atoms with E-state index >= 15 is 0 Å². The number of rotatable bonds is 5. The largest absolute Gasteiger partial charge is 0.468 e. The Morgan fingerprint density at radius 1 is 1.48 bits per heavy atom. The van der Waals surface area contributed by atoms with Crippen LogP contribution >= 0.6 is 11.8 Å². The second-order valence-corrected chi connectivity index (χ2v) is 6.00. The molecule has 1 saturated heterocycles. The van der Waals surface area contributed by atoms with E-state index in [0.717, 1.165) is 4.90 Å². The van der Waals surface area contributed by atoms with Crippen molar-refractivity contribution < 1.29 is 14.3 Å². The standard InChI is InChI=1S/C14H19N3O3S/c1-17-8-10(7-12(17)14(19)20-2)16-13(18)9-21-11-3-5-15-6-4-11/h3-6,10,12H,7-9H2,1-2H3,(H,16,18)/t10-,12+/m1/s1. The zero-order chi connectivity index (χ0) is 15.2. The van der Waals surface area contributed by atoms with Crippen molar-refractivity contribution in [3.63, 3.8) is 0 Å². The molecule has 0 aliphatic carbocycles. The van der Waals surface area contributed by atoms with Gasteiger partial charge < -0.3 is 10.1 Å². The minimum Gasteiger partial charge on any atom is -0.468 e. The molecule has 0 saturated carbocycles. The van der Waals surface area contributed by atoms with Gasteiger partial charge in [0.15, 0.2) is 0 Å². The van der Waals surface area contributed by atoms with Gasteiger partial charge in [-0.05, 0) is 25.6 Å². The summed E-state index contributed by atoms with van der Waals surface area (Å²) in [4.78, 5) is 30.4. The first-order chi connectivity index (χ1) is 10.1. The second-order valence-electron chi connectivity index (χ2n) is 4.95. The number of ether oxygens (including phenoxy) is 1. The Kier molecular flexibility index (Phi) is 5.58. The Morgan fingerprint density at radius 2 is 2.19 bits per heavy atom. The molecular formula is C14H19N3O3S. The number of thioether (sulfide) groups is 1. The predicted octanol–water partition coefficient (Wildman–Crippen LogP) is 0.536. The van der Waals surface area contributed by atoms with Gasteiger partial charge in [0.1, 0.15) is 6.04 Å². The molecule has 0 radical (unpaired) electrons. The van der Waals surface area contributed by atoms with Gasteiger partial charge in [0.2, 0.25) is 5.91 Å². The minimum absolute atomic E-state index is 0.00959. The van der Waals surface area contributed by atoms with Crippen LogP contribution in [-0.4, -0.2) is 60.3 Å². The number of hydrogen-bond acceptors (Lipinski definition) is 6. The van der Waals surface area contributed by atoms with E-state index in [2.05, 4.69) is 10.3 Å². The number of likely N-dealkylation sites (tertiary alicyclic amines) is 1. The highest BCUT2D eigenvalue weighted by atomic mass is 32.2. The molecule has 2 atom stereocenters. The Hall–Kier alpha value is -1.60. The van der Waals surface area contributed by atoms with Crippen LogP contribution in [0, 0.1) is 0 Å². The number of hydrogen-bond donors (Lipinski definition) is 1. The molecule has 1 aliphatic heterocycles. The number of carbonyl (C=O) groups is 2. The van der Waals surface area contributed by atoms with Crippen LogP contribution in [0.15, 0.2) is 29.4 Å². The molecule has 0 unspecified atom stereocenters. The zero-order valence-electron chi connectivity index (χ0n) is 12.1. The molecule has 1 aliphatic rings. The summed E-state index contributed by atoms with van der Waals surface area (Å²) in [7, 11) is 3.24. The van der Waals surface area contributed by atoms with Gasteiger partial charge in [-0.2, -0.15) is 0 Å². The molecule has 2 rings (SSSR count). The van der Waals surface area contributed by atoms with Gasteiger partial charge in [0.25, 0.3) is 0 Å². The normalized spacial score (nSPS) is 22.0. The lowest BCUT2D eigenvalue weighted by Gasteiger charge is -2.15. The van der Waals surface area contributed by atoms with Crippen molar-refractivity contribution in [1.29, 1.82) is 0 Å². The fourth-order valence-corrected chi connectivity index (χ4v) is 3.06. The van der Waals surface area contributed by atoms with Gasteiger partial charge in [-0.15, -0.1) is 11.8 Å². The zero-order valence-corrected chi connectivity index (χ0v) is 12.9. The summed E-state index contributed by atoms with van der Waals surface area (Å²) in [5.41, 5.74) is 0. The molecule has 1 fully saturated rings. The number of pyridine rings is 1. The van der Waals surface area contributed by atoms with E-state index in [1.54, 1.807) is 12.4 Å². The molecular weight excluding hydrogens is 290 g/mol. The Labute approximate surface area is 128 Å². The fraction of sp³-hybridized carbons (Fsp3) is 0.500. The van der Waals surface area contributed by atoms with Gasteiger partial charge in [-0.3, -0.25) is 19.5 Å². The quantitative estimate of drug-likeness (QED) is 0.632. The van der Waals surface area contributed by atoms with E-state index in [9.17, 15) is 9.59 Å². The number of nitrogens with one attached hydrogen (secondary N) is 1. The van der Waals surface area contributed by atoms with Crippen LogP contribution in [0.2, 0.25) is 0 Å². The minimum atomic E-state index is -0.270. The molecule has 1 N–H and O–H groups in total. The van der Waals surface area contributed by atoms with Crippen molar-refractivity contribution in [3.05, 3.63) is 24.5 Å². The maximum absolute atomic E-state index is 11.9. The van der Waals surface area contributed by atoms with E-state index in [0.29, 0.717) is 18.7 Å². The summed E-state index contributed by atoms with van der Waals surface area (Å²) in [5, 5.41) is 2.96. The molecule has 114 valence electrons. The van der Waals surface area contributed by atoms with Crippen LogP contribution in [0.4, 0.5) is 0 Å². The smallest absolute Gasteiger partial charge is 0.323 e. The van der Waals surface area contributed by atoms with E-state index in [-0.39, 0.29) is 24.0 Å². The fourth-order valence-electron chi connectivity index (χ4n) is 2.37. The molecule has 2 heterocycles. The summed E-state index contributed by atoms with van der Waals surface area (Å²) >= 11 is 1.47. The van der Waals surface area contributed by atoms with E-state index in [4.69, 9.17) is 4.74 Å².